The van der Waals surface area contributed by atoms with E-state index in [1.54, 1.807) is 6.92 Å². The van der Waals surface area contributed by atoms with Gasteiger partial charge in [0.15, 0.2) is 0 Å². The van der Waals surface area contributed by atoms with Crippen LogP contribution in [0.2, 0.25) is 0 Å². The fourth-order valence-corrected chi connectivity index (χ4v) is 1.57. The molecule has 1 amide bonds. The molecular formula is C12H16ClNO2. The molecule has 0 saturated heterocycles. The van der Waals surface area contributed by atoms with Gasteiger partial charge in [0.25, 0.3) is 5.91 Å². The van der Waals surface area contributed by atoms with Crippen molar-refractivity contribution >= 4 is 23.2 Å². The van der Waals surface area contributed by atoms with Gasteiger partial charge in [-0.3, -0.25) is 9.63 Å². The molecule has 0 aliphatic heterocycles. The van der Waals surface area contributed by atoms with Gasteiger partial charge in [-0.25, -0.2) is 0 Å². The summed E-state index contributed by atoms with van der Waals surface area (Å²) >= 11 is 5.78. The molecule has 3 nitrogen and oxygen atoms in total. The number of hydroxylamine groups is 1. The van der Waals surface area contributed by atoms with Crippen molar-refractivity contribution in [3.05, 3.63) is 29.8 Å². The summed E-state index contributed by atoms with van der Waals surface area (Å²) in [4.78, 5) is 16.9. The number of hydrogen-bond acceptors (Lipinski definition) is 2. The number of amides is 1. The van der Waals surface area contributed by atoms with Gasteiger partial charge in [0, 0.05) is 0 Å². The van der Waals surface area contributed by atoms with E-state index < -0.39 is 5.38 Å². The van der Waals surface area contributed by atoms with Crippen molar-refractivity contribution in [2.75, 3.05) is 12.2 Å². The molecule has 1 rings (SSSR count). The molecule has 0 radical (unpaired) electrons. The van der Waals surface area contributed by atoms with E-state index in [0.29, 0.717) is 0 Å². The molecule has 0 N–H and O–H groups in total. The molecule has 1 atom stereocenters. The number of hydrogen-bond donors (Lipinski definition) is 0. The highest BCUT2D eigenvalue weighted by Gasteiger charge is 2.21. The molecule has 1 aromatic rings. The number of halogens is 1. The summed E-state index contributed by atoms with van der Waals surface area (Å²) in [6, 6.07) is 7.62. The first-order valence-electron chi connectivity index (χ1n) is 5.21. The summed E-state index contributed by atoms with van der Waals surface area (Å²) in [5.74, 6) is -0.259. The topological polar surface area (TPSA) is 29.5 Å². The minimum absolute atomic E-state index is 0.259. The van der Waals surface area contributed by atoms with E-state index in [9.17, 15) is 4.79 Å². The summed E-state index contributed by atoms with van der Waals surface area (Å²) in [5, 5.41) is 0.640. The molecule has 1 unspecified atom stereocenters. The Balaban J connectivity index is 3.08. The van der Waals surface area contributed by atoms with E-state index in [4.69, 9.17) is 16.4 Å². The minimum Gasteiger partial charge on any atom is -0.270 e. The number of carbonyl (C=O) groups is 1. The first-order valence-corrected chi connectivity index (χ1v) is 5.65. The molecule has 0 aliphatic carbocycles. The zero-order chi connectivity index (χ0) is 12.1. The van der Waals surface area contributed by atoms with Gasteiger partial charge < -0.3 is 0 Å². The quantitative estimate of drug-likeness (QED) is 0.599. The van der Waals surface area contributed by atoms with E-state index in [0.717, 1.165) is 17.7 Å². The largest absolute Gasteiger partial charge is 0.270 e. The highest BCUT2D eigenvalue weighted by atomic mass is 35.5. The van der Waals surface area contributed by atoms with Crippen LogP contribution in [0.15, 0.2) is 24.3 Å². The molecule has 4 heteroatoms. The van der Waals surface area contributed by atoms with Crippen molar-refractivity contribution in [3.8, 4) is 0 Å². The second kappa shape index (κ2) is 5.87. The molecule has 0 aromatic heterocycles. The number of rotatable bonds is 4. The third kappa shape index (κ3) is 2.74. The summed E-state index contributed by atoms with van der Waals surface area (Å²) < 4.78 is 0. The Morgan fingerprint density at radius 2 is 2.12 bits per heavy atom. The number of anilines is 1. The molecule has 0 fully saturated rings. The monoisotopic (exact) mass is 241 g/mol. The molecule has 0 heterocycles. The highest BCUT2D eigenvalue weighted by molar-refractivity contribution is 6.32. The lowest BCUT2D eigenvalue weighted by Crippen LogP contribution is -2.35. The van der Waals surface area contributed by atoms with Gasteiger partial charge in [0.05, 0.1) is 12.8 Å². The van der Waals surface area contributed by atoms with Gasteiger partial charge in [0.2, 0.25) is 0 Å². The van der Waals surface area contributed by atoms with E-state index in [2.05, 4.69) is 0 Å². The lowest BCUT2D eigenvalue weighted by Gasteiger charge is -2.23. The number of alkyl halides is 1. The lowest BCUT2D eigenvalue weighted by molar-refractivity contribution is -0.124. The molecule has 16 heavy (non-hydrogen) atoms. The molecule has 0 bridgehead atoms. The molecule has 0 aliphatic rings. The number of nitrogens with zero attached hydrogens (tertiary/aromatic N) is 1. The van der Waals surface area contributed by atoms with Gasteiger partial charge in [0.1, 0.15) is 5.38 Å². The van der Waals surface area contributed by atoms with Crippen molar-refractivity contribution in [1.82, 2.24) is 0 Å². The Morgan fingerprint density at radius 3 is 2.62 bits per heavy atom. The maximum Gasteiger partial charge on any atom is 0.268 e. The van der Waals surface area contributed by atoms with Gasteiger partial charge in [-0.05, 0) is 25.0 Å². The second-order valence-corrected chi connectivity index (χ2v) is 4.07. The predicted octanol–water partition coefficient (Wildman–Crippen LogP) is 2.77. The van der Waals surface area contributed by atoms with Crippen molar-refractivity contribution in [1.29, 1.82) is 0 Å². The Kier molecular flexibility index (Phi) is 4.77. The molecule has 1 aromatic carbocycles. The van der Waals surface area contributed by atoms with Crippen molar-refractivity contribution in [3.63, 3.8) is 0 Å². The summed E-state index contributed by atoms with van der Waals surface area (Å²) in [5.41, 5.74) is 1.81. The van der Waals surface area contributed by atoms with Crippen LogP contribution in [-0.2, 0) is 16.1 Å². The van der Waals surface area contributed by atoms with E-state index in [-0.39, 0.29) is 5.91 Å². The first-order chi connectivity index (χ1) is 7.61. The zero-order valence-electron chi connectivity index (χ0n) is 9.74. The second-order valence-electron chi connectivity index (χ2n) is 3.41. The third-order valence-electron chi connectivity index (χ3n) is 2.31. The number of benzene rings is 1. The van der Waals surface area contributed by atoms with E-state index >= 15 is 0 Å². The van der Waals surface area contributed by atoms with Crippen LogP contribution in [0, 0.1) is 0 Å². The van der Waals surface area contributed by atoms with Gasteiger partial charge in [-0.1, -0.05) is 25.1 Å². The average Bonchev–Trinajstić information content (AvgIpc) is 2.30. The van der Waals surface area contributed by atoms with Crippen molar-refractivity contribution in [2.24, 2.45) is 0 Å². The maximum atomic E-state index is 11.8. The highest BCUT2D eigenvalue weighted by Crippen LogP contribution is 2.22. The number of para-hydroxylation sites is 1. The van der Waals surface area contributed by atoms with Crippen LogP contribution in [0.5, 0.6) is 0 Å². The minimum atomic E-state index is -0.607. The van der Waals surface area contributed by atoms with Crippen LogP contribution >= 0.6 is 11.6 Å². The molecular weight excluding hydrogens is 226 g/mol. The van der Waals surface area contributed by atoms with Crippen LogP contribution in [0.25, 0.3) is 0 Å². The van der Waals surface area contributed by atoms with Gasteiger partial charge in [-0.2, -0.15) is 5.06 Å². The van der Waals surface area contributed by atoms with E-state index in [1.807, 2.05) is 31.2 Å². The lowest BCUT2D eigenvalue weighted by atomic mass is 10.1. The Labute approximate surface area is 101 Å². The third-order valence-corrected chi connectivity index (χ3v) is 2.50. The summed E-state index contributed by atoms with van der Waals surface area (Å²) in [6.07, 6.45) is 0.833. The Morgan fingerprint density at radius 1 is 1.50 bits per heavy atom. The number of aryl methyl sites for hydroxylation is 1. The van der Waals surface area contributed by atoms with Gasteiger partial charge in [-0.15, -0.1) is 11.6 Å². The summed E-state index contributed by atoms with van der Waals surface area (Å²) in [6.45, 7) is 3.66. The van der Waals surface area contributed by atoms with Crippen LogP contribution in [0.3, 0.4) is 0 Å². The zero-order valence-corrected chi connectivity index (χ0v) is 10.5. The number of carbonyl (C=O) groups excluding carboxylic acids is 1. The molecule has 0 saturated carbocycles. The van der Waals surface area contributed by atoms with Crippen LogP contribution in [0.4, 0.5) is 5.69 Å². The predicted molar refractivity (Wildman–Crippen MR) is 65.6 cm³/mol. The van der Waals surface area contributed by atoms with Gasteiger partial charge >= 0.3 is 0 Å². The van der Waals surface area contributed by atoms with Crippen molar-refractivity contribution in [2.45, 2.75) is 25.6 Å². The average molecular weight is 242 g/mol. The van der Waals surface area contributed by atoms with Crippen LogP contribution in [0.1, 0.15) is 19.4 Å². The SMILES string of the molecule is CCc1ccccc1N(OC)C(=O)C(C)Cl. The normalized spacial score (nSPS) is 12.2. The fourth-order valence-electron chi connectivity index (χ4n) is 1.48. The van der Waals surface area contributed by atoms with Crippen LogP contribution < -0.4 is 5.06 Å². The summed E-state index contributed by atoms with van der Waals surface area (Å²) in [7, 11) is 1.46. The fraction of sp³-hybridized carbons (Fsp3) is 0.417. The Bertz CT molecular complexity index is 366. The molecule has 88 valence electrons. The van der Waals surface area contributed by atoms with E-state index in [1.165, 1.54) is 12.2 Å². The Hall–Kier alpha value is -1.06. The van der Waals surface area contributed by atoms with Crippen LogP contribution in [-0.4, -0.2) is 18.4 Å². The van der Waals surface area contributed by atoms with Crippen molar-refractivity contribution < 1.29 is 9.63 Å². The maximum absolute atomic E-state index is 11.8. The molecule has 0 spiro atoms. The first kappa shape index (κ1) is 13.0. The standard InChI is InChI=1S/C12H16ClNO2/c1-4-10-7-5-6-8-11(10)14(16-3)12(15)9(2)13/h5-9H,4H2,1-3H3. The smallest absolute Gasteiger partial charge is 0.268 e.